The quantitative estimate of drug-likeness (QED) is 0.733. The first-order chi connectivity index (χ1) is 12.8. The lowest BCUT2D eigenvalue weighted by molar-refractivity contribution is 0.102. The zero-order valence-corrected chi connectivity index (χ0v) is 13.9. The molecule has 4 rings (SSSR count). The Morgan fingerprint density at radius 2 is 1.92 bits per heavy atom. The summed E-state index contributed by atoms with van der Waals surface area (Å²) < 4.78 is 16.3. The van der Waals surface area contributed by atoms with Crippen molar-refractivity contribution in [2.24, 2.45) is 0 Å². The molecule has 2 aromatic heterocycles. The molecule has 0 atom stereocenters. The van der Waals surface area contributed by atoms with Gasteiger partial charge in [-0.1, -0.05) is 0 Å². The van der Waals surface area contributed by atoms with Crippen molar-refractivity contribution in [2.45, 2.75) is 6.54 Å². The van der Waals surface area contributed by atoms with Crippen molar-refractivity contribution < 1.29 is 18.7 Å². The number of aromatic nitrogens is 1. The predicted molar refractivity (Wildman–Crippen MR) is 95.7 cm³/mol. The minimum atomic E-state index is -0.302. The van der Waals surface area contributed by atoms with E-state index in [1.54, 1.807) is 42.8 Å². The fourth-order valence-electron chi connectivity index (χ4n) is 2.58. The third kappa shape index (κ3) is 3.61. The zero-order chi connectivity index (χ0) is 17.8. The molecule has 0 radical (unpaired) electrons. The van der Waals surface area contributed by atoms with Crippen LogP contribution in [0.5, 0.6) is 11.5 Å². The molecule has 0 spiro atoms. The monoisotopic (exact) mass is 351 g/mol. The SMILES string of the molecule is O=C(Nc1ccc2c(c1)OCCO2)c1cc(NCc2ccco2)ccn1. The number of ether oxygens (including phenoxy) is 2. The van der Waals surface area contributed by atoms with E-state index in [1.807, 2.05) is 12.1 Å². The summed E-state index contributed by atoms with van der Waals surface area (Å²) in [6.45, 7) is 1.55. The number of benzene rings is 1. The van der Waals surface area contributed by atoms with Crippen LogP contribution in [0.3, 0.4) is 0 Å². The Labute approximate surface area is 150 Å². The van der Waals surface area contributed by atoms with Gasteiger partial charge in [0.15, 0.2) is 11.5 Å². The Kier molecular flexibility index (Phi) is 4.42. The molecule has 3 aromatic rings. The second kappa shape index (κ2) is 7.18. The van der Waals surface area contributed by atoms with Crippen molar-refractivity contribution in [2.75, 3.05) is 23.8 Å². The van der Waals surface area contributed by atoms with Crippen LogP contribution in [0, 0.1) is 0 Å². The van der Waals surface area contributed by atoms with Crippen molar-refractivity contribution >= 4 is 17.3 Å². The lowest BCUT2D eigenvalue weighted by Gasteiger charge is -2.19. The van der Waals surface area contributed by atoms with Crippen molar-refractivity contribution in [3.05, 3.63) is 66.4 Å². The Morgan fingerprint density at radius 3 is 2.77 bits per heavy atom. The standard InChI is InChI=1S/C19H17N3O4/c23-19(22-14-3-4-17-18(11-14)26-9-8-25-17)16-10-13(5-6-20-16)21-12-15-2-1-7-24-15/h1-7,10-11H,8-9,12H2,(H,20,21)(H,22,23). The maximum atomic E-state index is 12.5. The van der Waals surface area contributed by atoms with E-state index in [9.17, 15) is 4.79 Å². The van der Waals surface area contributed by atoms with Gasteiger partial charge in [0.1, 0.15) is 24.7 Å². The summed E-state index contributed by atoms with van der Waals surface area (Å²) >= 11 is 0. The summed E-state index contributed by atoms with van der Waals surface area (Å²) in [6, 6.07) is 12.5. The topological polar surface area (TPSA) is 85.6 Å². The van der Waals surface area contributed by atoms with Gasteiger partial charge in [-0.25, -0.2) is 0 Å². The highest BCUT2D eigenvalue weighted by Gasteiger charge is 2.14. The molecular formula is C19H17N3O4. The molecule has 3 heterocycles. The smallest absolute Gasteiger partial charge is 0.274 e. The van der Waals surface area contributed by atoms with E-state index in [0.29, 0.717) is 42.6 Å². The molecule has 1 aliphatic heterocycles. The Morgan fingerprint density at radius 1 is 1.04 bits per heavy atom. The van der Waals surface area contributed by atoms with E-state index < -0.39 is 0 Å². The van der Waals surface area contributed by atoms with Crippen LogP contribution in [0.4, 0.5) is 11.4 Å². The predicted octanol–water partition coefficient (Wildman–Crippen LogP) is 3.31. The van der Waals surface area contributed by atoms with Gasteiger partial charge < -0.3 is 24.5 Å². The number of hydrogen-bond acceptors (Lipinski definition) is 6. The van der Waals surface area contributed by atoms with Gasteiger partial charge in [-0.2, -0.15) is 0 Å². The average molecular weight is 351 g/mol. The maximum absolute atomic E-state index is 12.5. The Bertz CT molecular complexity index is 909. The molecule has 2 N–H and O–H groups in total. The maximum Gasteiger partial charge on any atom is 0.274 e. The van der Waals surface area contributed by atoms with Crippen LogP contribution in [0.1, 0.15) is 16.2 Å². The van der Waals surface area contributed by atoms with Gasteiger partial charge in [-0.05, 0) is 36.4 Å². The zero-order valence-electron chi connectivity index (χ0n) is 13.9. The van der Waals surface area contributed by atoms with Gasteiger partial charge in [0, 0.05) is 23.6 Å². The summed E-state index contributed by atoms with van der Waals surface area (Å²) in [5, 5.41) is 6.02. The molecule has 0 bridgehead atoms. The molecule has 0 unspecified atom stereocenters. The van der Waals surface area contributed by atoms with Gasteiger partial charge in [0.25, 0.3) is 5.91 Å². The normalized spacial score (nSPS) is 12.5. The second-order valence-corrected chi connectivity index (χ2v) is 5.68. The first kappa shape index (κ1) is 16.0. The van der Waals surface area contributed by atoms with Gasteiger partial charge in [0.05, 0.1) is 12.8 Å². The number of carbonyl (C=O) groups excluding carboxylic acids is 1. The average Bonchev–Trinajstić information content (AvgIpc) is 3.20. The van der Waals surface area contributed by atoms with Crippen molar-refractivity contribution in [1.82, 2.24) is 4.98 Å². The Hall–Kier alpha value is -3.48. The highest BCUT2D eigenvalue weighted by molar-refractivity contribution is 6.03. The number of pyridine rings is 1. The largest absolute Gasteiger partial charge is 0.486 e. The summed E-state index contributed by atoms with van der Waals surface area (Å²) in [7, 11) is 0. The van der Waals surface area contributed by atoms with E-state index in [1.165, 1.54) is 0 Å². The molecule has 132 valence electrons. The number of fused-ring (bicyclic) bond motifs is 1. The van der Waals surface area contributed by atoms with Crippen molar-refractivity contribution in [1.29, 1.82) is 0 Å². The van der Waals surface area contributed by atoms with Crippen LogP contribution in [0.15, 0.2) is 59.3 Å². The molecule has 0 fully saturated rings. The first-order valence-electron chi connectivity index (χ1n) is 8.21. The molecule has 1 aliphatic rings. The molecule has 26 heavy (non-hydrogen) atoms. The van der Waals surface area contributed by atoms with Crippen LogP contribution in [0.25, 0.3) is 0 Å². The van der Waals surface area contributed by atoms with Crippen molar-refractivity contribution in [3.63, 3.8) is 0 Å². The molecular weight excluding hydrogens is 334 g/mol. The highest BCUT2D eigenvalue weighted by atomic mass is 16.6. The minimum absolute atomic E-state index is 0.302. The lowest BCUT2D eigenvalue weighted by atomic mass is 10.2. The van der Waals surface area contributed by atoms with E-state index in [0.717, 1.165) is 11.4 Å². The summed E-state index contributed by atoms with van der Waals surface area (Å²) in [4.78, 5) is 16.6. The highest BCUT2D eigenvalue weighted by Crippen LogP contribution is 2.32. The lowest BCUT2D eigenvalue weighted by Crippen LogP contribution is -2.17. The van der Waals surface area contributed by atoms with Crippen LogP contribution >= 0.6 is 0 Å². The van der Waals surface area contributed by atoms with E-state index in [2.05, 4.69) is 15.6 Å². The number of nitrogens with one attached hydrogen (secondary N) is 2. The van der Waals surface area contributed by atoms with E-state index >= 15 is 0 Å². The molecule has 0 saturated heterocycles. The molecule has 7 heteroatoms. The number of nitrogens with zero attached hydrogens (tertiary/aromatic N) is 1. The van der Waals surface area contributed by atoms with Crippen LogP contribution < -0.4 is 20.1 Å². The number of carbonyl (C=O) groups is 1. The fourth-order valence-corrected chi connectivity index (χ4v) is 2.58. The Balaban J connectivity index is 1.43. The van der Waals surface area contributed by atoms with E-state index in [4.69, 9.17) is 13.9 Å². The van der Waals surface area contributed by atoms with Crippen LogP contribution in [-0.2, 0) is 6.54 Å². The minimum Gasteiger partial charge on any atom is -0.486 e. The van der Waals surface area contributed by atoms with Gasteiger partial charge in [-0.15, -0.1) is 0 Å². The number of furan rings is 1. The molecule has 0 aliphatic carbocycles. The first-order valence-corrected chi connectivity index (χ1v) is 8.21. The summed E-state index contributed by atoms with van der Waals surface area (Å²) in [6.07, 6.45) is 3.21. The summed E-state index contributed by atoms with van der Waals surface area (Å²) in [5.41, 5.74) is 1.71. The van der Waals surface area contributed by atoms with Gasteiger partial charge >= 0.3 is 0 Å². The fraction of sp³-hybridized carbons (Fsp3) is 0.158. The van der Waals surface area contributed by atoms with Crippen LogP contribution in [0.2, 0.25) is 0 Å². The van der Waals surface area contributed by atoms with Gasteiger partial charge in [-0.3, -0.25) is 9.78 Å². The number of amides is 1. The van der Waals surface area contributed by atoms with Gasteiger partial charge in [0.2, 0.25) is 0 Å². The second-order valence-electron chi connectivity index (χ2n) is 5.68. The number of rotatable bonds is 5. The third-order valence-corrected chi connectivity index (χ3v) is 3.84. The number of anilines is 2. The molecule has 0 saturated carbocycles. The number of hydrogen-bond donors (Lipinski definition) is 2. The van der Waals surface area contributed by atoms with Crippen molar-refractivity contribution in [3.8, 4) is 11.5 Å². The third-order valence-electron chi connectivity index (χ3n) is 3.84. The molecule has 1 amide bonds. The van der Waals surface area contributed by atoms with Crippen LogP contribution in [-0.4, -0.2) is 24.1 Å². The molecule has 1 aromatic carbocycles. The van der Waals surface area contributed by atoms with E-state index in [-0.39, 0.29) is 5.91 Å². The molecule has 7 nitrogen and oxygen atoms in total. The summed E-state index contributed by atoms with van der Waals surface area (Å²) in [5.74, 6) is 1.81.